The molecule has 1 amide bonds. The third-order valence-electron chi connectivity index (χ3n) is 3.48. The summed E-state index contributed by atoms with van der Waals surface area (Å²) in [6.07, 6.45) is -4.40. The number of carbonyl (C=O) groups excluding carboxylic acids is 1. The number of aromatic hydroxyl groups is 1. The molecule has 0 atom stereocenters. The lowest BCUT2D eigenvalue weighted by Crippen LogP contribution is -2.26. The first-order valence-electron chi connectivity index (χ1n) is 7.01. The van der Waals surface area contributed by atoms with E-state index < -0.39 is 17.6 Å². The molecule has 0 unspecified atom stereocenters. The van der Waals surface area contributed by atoms with Gasteiger partial charge in [-0.2, -0.15) is 13.2 Å². The molecule has 0 saturated heterocycles. The Morgan fingerprint density at radius 3 is 2.33 bits per heavy atom. The van der Waals surface area contributed by atoms with Crippen LogP contribution in [0.5, 0.6) is 11.5 Å². The van der Waals surface area contributed by atoms with Gasteiger partial charge in [-0.25, -0.2) is 0 Å². The fourth-order valence-corrected chi connectivity index (χ4v) is 2.16. The second-order valence-corrected chi connectivity index (χ2v) is 5.24. The number of amides is 1. The standard InChI is InChI=1S/C17H16F3NO3/c1-21(10-11-3-5-12(6-4-11)17(18,19)20)16(23)14-9-13(24-2)7-8-15(14)22/h3-9,22H,10H2,1-2H3. The Morgan fingerprint density at radius 2 is 1.79 bits per heavy atom. The van der Waals surface area contributed by atoms with Crippen LogP contribution in [-0.2, 0) is 12.7 Å². The molecule has 0 heterocycles. The SMILES string of the molecule is COc1ccc(O)c(C(=O)N(C)Cc2ccc(C(F)(F)F)cc2)c1. The van der Waals surface area contributed by atoms with Crippen LogP contribution in [0.25, 0.3) is 0 Å². The Bertz CT molecular complexity index is 727. The number of benzene rings is 2. The van der Waals surface area contributed by atoms with Crippen LogP contribution < -0.4 is 4.74 Å². The summed E-state index contributed by atoms with van der Waals surface area (Å²) >= 11 is 0. The second kappa shape index (κ2) is 6.82. The number of hydrogen-bond donors (Lipinski definition) is 1. The molecule has 7 heteroatoms. The molecule has 1 N–H and O–H groups in total. The molecule has 128 valence electrons. The van der Waals surface area contributed by atoms with Gasteiger partial charge in [-0.1, -0.05) is 12.1 Å². The van der Waals surface area contributed by atoms with Gasteiger partial charge in [-0.15, -0.1) is 0 Å². The highest BCUT2D eigenvalue weighted by Crippen LogP contribution is 2.29. The Labute approximate surface area is 137 Å². The first-order valence-corrected chi connectivity index (χ1v) is 7.01. The predicted octanol–water partition coefficient (Wildman–Crippen LogP) is 3.69. The molecule has 0 radical (unpaired) electrons. The molecule has 0 bridgehead atoms. The maximum atomic E-state index is 12.5. The zero-order valence-electron chi connectivity index (χ0n) is 13.1. The molecule has 0 saturated carbocycles. The van der Waals surface area contributed by atoms with Gasteiger partial charge in [-0.3, -0.25) is 4.79 Å². The molecule has 0 aliphatic rings. The van der Waals surface area contributed by atoms with Crippen LogP contribution in [0.1, 0.15) is 21.5 Å². The minimum absolute atomic E-state index is 0.0590. The van der Waals surface area contributed by atoms with Crippen LogP contribution in [0.3, 0.4) is 0 Å². The van der Waals surface area contributed by atoms with Gasteiger partial charge in [0.1, 0.15) is 11.5 Å². The number of phenols is 1. The van der Waals surface area contributed by atoms with Crippen molar-refractivity contribution < 1.29 is 27.8 Å². The van der Waals surface area contributed by atoms with Crippen LogP contribution in [0, 0.1) is 0 Å². The van der Waals surface area contributed by atoms with Crippen LogP contribution in [0.4, 0.5) is 13.2 Å². The fraction of sp³-hybridized carbons (Fsp3) is 0.235. The van der Waals surface area contributed by atoms with Crippen LogP contribution in [-0.4, -0.2) is 30.1 Å². The third kappa shape index (κ3) is 3.98. The number of halogens is 3. The summed E-state index contributed by atoms with van der Waals surface area (Å²) in [5.41, 5.74) is -0.143. The fourth-order valence-electron chi connectivity index (χ4n) is 2.16. The maximum absolute atomic E-state index is 12.5. The van der Waals surface area contributed by atoms with Crippen molar-refractivity contribution in [2.75, 3.05) is 14.2 Å². The van der Waals surface area contributed by atoms with E-state index in [2.05, 4.69) is 0 Å². The molecular weight excluding hydrogens is 323 g/mol. The summed E-state index contributed by atoms with van der Waals surface area (Å²) < 4.78 is 42.6. The van der Waals surface area contributed by atoms with Gasteiger partial charge >= 0.3 is 6.18 Å². The van der Waals surface area contributed by atoms with Crippen molar-refractivity contribution in [2.24, 2.45) is 0 Å². The van der Waals surface area contributed by atoms with E-state index in [0.29, 0.717) is 11.3 Å². The van der Waals surface area contributed by atoms with E-state index in [9.17, 15) is 23.1 Å². The lowest BCUT2D eigenvalue weighted by atomic mass is 10.1. The molecule has 2 rings (SSSR count). The molecule has 0 aromatic heterocycles. The maximum Gasteiger partial charge on any atom is 0.416 e. The second-order valence-electron chi connectivity index (χ2n) is 5.24. The Hall–Kier alpha value is -2.70. The van der Waals surface area contributed by atoms with E-state index in [1.165, 1.54) is 49.4 Å². The summed E-state index contributed by atoms with van der Waals surface area (Å²) in [6.45, 7) is 0.105. The normalized spacial score (nSPS) is 11.2. The van der Waals surface area contributed by atoms with E-state index in [-0.39, 0.29) is 17.9 Å². The van der Waals surface area contributed by atoms with Crippen molar-refractivity contribution >= 4 is 5.91 Å². The number of ether oxygens (including phenoxy) is 1. The molecule has 4 nitrogen and oxygen atoms in total. The molecule has 2 aromatic rings. The van der Waals surface area contributed by atoms with Gasteiger partial charge in [0.25, 0.3) is 5.91 Å². The van der Waals surface area contributed by atoms with E-state index in [4.69, 9.17) is 4.74 Å². The summed E-state index contributed by atoms with van der Waals surface area (Å²) in [6, 6.07) is 8.84. The third-order valence-corrected chi connectivity index (χ3v) is 3.48. The summed E-state index contributed by atoms with van der Waals surface area (Å²) in [7, 11) is 2.94. The Morgan fingerprint density at radius 1 is 1.17 bits per heavy atom. The number of phenolic OH excluding ortho intramolecular Hbond substituents is 1. The van der Waals surface area contributed by atoms with Gasteiger partial charge in [0.2, 0.25) is 0 Å². The Balaban J connectivity index is 2.14. The highest BCUT2D eigenvalue weighted by molar-refractivity contribution is 5.97. The van der Waals surface area contributed by atoms with Gasteiger partial charge < -0.3 is 14.7 Å². The van der Waals surface area contributed by atoms with Crippen molar-refractivity contribution in [2.45, 2.75) is 12.7 Å². The van der Waals surface area contributed by atoms with Crippen LogP contribution >= 0.6 is 0 Å². The van der Waals surface area contributed by atoms with Crippen molar-refractivity contribution in [3.63, 3.8) is 0 Å². The van der Waals surface area contributed by atoms with Crippen LogP contribution in [0.2, 0.25) is 0 Å². The smallest absolute Gasteiger partial charge is 0.416 e. The number of methoxy groups -OCH3 is 1. The first kappa shape index (κ1) is 17.7. The summed E-state index contributed by atoms with van der Waals surface area (Å²) in [5, 5.41) is 9.81. The zero-order valence-corrected chi connectivity index (χ0v) is 13.1. The average molecular weight is 339 g/mol. The molecule has 0 aliphatic carbocycles. The van der Waals surface area contributed by atoms with Crippen molar-refractivity contribution in [1.29, 1.82) is 0 Å². The van der Waals surface area contributed by atoms with E-state index >= 15 is 0 Å². The monoisotopic (exact) mass is 339 g/mol. The highest BCUT2D eigenvalue weighted by atomic mass is 19.4. The number of hydrogen-bond acceptors (Lipinski definition) is 3. The minimum atomic E-state index is -4.40. The van der Waals surface area contributed by atoms with Gasteiger partial charge in [0.15, 0.2) is 0 Å². The predicted molar refractivity (Wildman–Crippen MR) is 81.9 cm³/mol. The Kier molecular flexibility index (Phi) is 5.02. The lowest BCUT2D eigenvalue weighted by molar-refractivity contribution is -0.137. The molecule has 2 aromatic carbocycles. The molecule has 0 aliphatic heterocycles. The summed E-state index contributed by atoms with van der Waals surface area (Å²) in [5.74, 6) is -0.245. The number of alkyl halides is 3. The van der Waals surface area contributed by atoms with Crippen molar-refractivity contribution in [3.8, 4) is 11.5 Å². The zero-order chi connectivity index (χ0) is 17.9. The number of rotatable bonds is 4. The first-order chi connectivity index (χ1) is 11.2. The van der Waals surface area contributed by atoms with Gasteiger partial charge in [0, 0.05) is 13.6 Å². The van der Waals surface area contributed by atoms with Crippen LogP contribution in [0.15, 0.2) is 42.5 Å². The number of nitrogens with zero attached hydrogens (tertiary/aromatic N) is 1. The highest BCUT2D eigenvalue weighted by Gasteiger charge is 2.30. The molecular formula is C17H16F3NO3. The van der Waals surface area contributed by atoms with Crippen molar-refractivity contribution in [1.82, 2.24) is 4.90 Å². The molecule has 24 heavy (non-hydrogen) atoms. The minimum Gasteiger partial charge on any atom is -0.507 e. The van der Waals surface area contributed by atoms with Gasteiger partial charge in [-0.05, 0) is 35.9 Å². The van der Waals surface area contributed by atoms with Crippen molar-refractivity contribution in [3.05, 3.63) is 59.2 Å². The molecule has 0 spiro atoms. The van der Waals surface area contributed by atoms with Gasteiger partial charge in [0.05, 0.1) is 18.2 Å². The quantitative estimate of drug-likeness (QED) is 0.924. The van der Waals surface area contributed by atoms with E-state index in [1.807, 2.05) is 0 Å². The topological polar surface area (TPSA) is 49.8 Å². The number of carbonyl (C=O) groups is 1. The lowest BCUT2D eigenvalue weighted by Gasteiger charge is -2.18. The van der Waals surface area contributed by atoms with E-state index in [0.717, 1.165) is 12.1 Å². The average Bonchev–Trinajstić information content (AvgIpc) is 2.54. The molecule has 0 fully saturated rings. The largest absolute Gasteiger partial charge is 0.507 e. The summed E-state index contributed by atoms with van der Waals surface area (Å²) in [4.78, 5) is 13.7. The van der Waals surface area contributed by atoms with E-state index in [1.54, 1.807) is 0 Å².